The molecule has 1 unspecified atom stereocenters. The van der Waals surface area contributed by atoms with Crippen LogP contribution in [-0.2, 0) is 4.79 Å². The van der Waals surface area contributed by atoms with Crippen LogP contribution in [0, 0.1) is 5.92 Å². The lowest BCUT2D eigenvalue weighted by atomic mass is 9.99. The van der Waals surface area contributed by atoms with Gasteiger partial charge in [0.1, 0.15) is 4.84 Å². The van der Waals surface area contributed by atoms with Gasteiger partial charge in [-0.25, -0.2) is 0 Å². The Labute approximate surface area is 75.7 Å². The van der Waals surface area contributed by atoms with Gasteiger partial charge in [-0.05, 0) is 12.0 Å². The number of allylic oxidation sites excluding steroid dienone is 4. The van der Waals surface area contributed by atoms with Crippen LogP contribution in [0.15, 0.2) is 23.8 Å². The molecule has 1 aliphatic carbocycles. The first kappa shape index (κ1) is 8.82. The van der Waals surface area contributed by atoms with Gasteiger partial charge in [0.2, 0.25) is 0 Å². The Kier molecular flexibility index (Phi) is 2.74. The summed E-state index contributed by atoms with van der Waals surface area (Å²) in [5.41, 5.74) is 0.489. The molecule has 1 atom stereocenters. The SMILES string of the molecule is CC1C=CC(=O)C(C(Cl)Cl)=C1. The second-order valence-corrected chi connectivity index (χ2v) is 3.60. The van der Waals surface area contributed by atoms with E-state index in [4.69, 9.17) is 23.2 Å². The van der Waals surface area contributed by atoms with E-state index >= 15 is 0 Å². The summed E-state index contributed by atoms with van der Waals surface area (Å²) in [6.45, 7) is 1.97. The summed E-state index contributed by atoms with van der Waals surface area (Å²) >= 11 is 11.1. The summed E-state index contributed by atoms with van der Waals surface area (Å²) in [6.07, 6.45) is 5.12. The topological polar surface area (TPSA) is 17.1 Å². The van der Waals surface area contributed by atoms with Gasteiger partial charge >= 0.3 is 0 Å². The third-order valence-electron chi connectivity index (χ3n) is 1.51. The number of carbonyl (C=O) groups is 1. The number of carbonyl (C=O) groups excluding carboxylic acids is 1. The van der Waals surface area contributed by atoms with E-state index < -0.39 is 4.84 Å². The molecule has 0 fully saturated rings. The highest BCUT2D eigenvalue weighted by molar-refractivity contribution is 6.48. The van der Waals surface area contributed by atoms with Crippen LogP contribution >= 0.6 is 23.2 Å². The quantitative estimate of drug-likeness (QED) is 0.582. The van der Waals surface area contributed by atoms with Crippen molar-refractivity contribution in [2.24, 2.45) is 5.92 Å². The molecular formula is C8H8Cl2O. The Morgan fingerprint density at radius 1 is 1.55 bits per heavy atom. The molecule has 0 amide bonds. The predicted molar refractivity (Wildman–Crippen MR) is 46.9 cm³/mol. The molecule has 0 saturated carbocycles. The average Bonchev–Trinajstić information content (AvgIpc) is 1.94. The highest BCUT2D eigenvalue weighted by Crippen LogP contribution is 2.21. The van der Waals surface area contributed by atoms with Crippen molar-refractivity contribution in [1.29, 1.82) is 0 Å². The van der Waals surface area contributed by atoms with Crippen molar-refractivity contribution in [2.45, 2.75) is 11.8 Å². The molecule has 60 valence electrons. The van der Waals surface area contributed by atoms with Crippen molar-refractivity contribution in [3.8, 4) is 0 Å². The van der Waals surface area contributed by atoms with E-state index in [9.17, 15) is 4.79 Å². The molecule has 0 aliphatic heterocycles. The lowest BCUT2D eigenvalue weighted by Gasteiger charge is -2.11. The smallest absolute Gasteiger partial charge is 0.183 e. The van der Waals surface area contributed by atoms with Crippen LogP contribution in [-0.4, -0.2) is 10.6 Å². The minimum absolute atomic E-state index is 0.0851. The van der Waals surface area contributed by atoms with Gasteiger partial charge in [-0.15, -0.1) is 0 Å². The van der Waals surface area contributed by atoms with Gasteiger partial charge in [0, 0.05) is 5.57 Å². The molecule has 3 heteroatoms. The summed E-state index contributed by atoms with van der Waals surface area (Å²) in [4.78, 5) is 10.4. The van der Waals surface area contributed by atoms with Gasteiger partial charge in [0.15, 0.2) is 5.78 Å². The van der Waals surface area contributed by atoms with Crippen LogP contribution in [0.1, 0.15) is 6.92 Å². The molecule has 1 aliphatic rings. The molecule has 0 spiro atoms. The zero-order valence-corrected chi connectivity index (χ0v) is 7.56. The number of hydrogen-bond donors (Lipinski definition) is 0. The Hall–Kier alpha value is -0.270. The standard InChI is InChI=1S/C8H8Cl2O/c1-5-2-3-7(11)6(4-5)8(9)10/h2-5,8H,1H3. The largest absolute Gasteiger partial charge is 0.290 e. The molecule has 0 aromatic rings. The second-order valence-electron chi connectivity index (χ2n) is 2.51. The van der Waals surface area contributed by atoms with Crippen LogP contribution in [0.2, 0.25) is 0 Å². The van der Waals surface area contributed by atoms with Crippen molar-refractivity contribution in [3.63, 3.8) is 0 Å². The summed E-state index contributed by atoms with van der Waals surface area (Å²) in [6, 6.07) is 0. The lowest BCUT2D eigenvalue weighted by Crippen LogP contribution is -2.11. The Morgan fingerprint density at radius 3 is 2.64 bits per heavy atom. The van der Waals surface area contributed by atoms with Crippen molar-refractivity contribution < 1.29 is 4.79 Å². The first-order chi connectivity index (χ1) is 5.11. The van der Waals surface area contributed by atoms with Crippen LogP contribution in [0.5, 0.6) is 0 Å². The molecule has 0 N–H and O–H groups in total. The van der Waals surface area contributed by atoms with E-state index in [0.717, 1.165) is 0 Å². The lowest BCUT2D eigenvalue weighted by molar-refractivity contribution is -0.111. The van der Waals surface area contributed by atoms with E-state index in [0.29, 0.717) is 5.57 Å². The van der Waals surface area contributed by atoms with E-state index in [2.05, 4.69) is 0 Å². The fourth-order valence-electron chi connectivity index (χ4n) is 0.937. The van der Waals surface area contributed by atoms with E-state index in [1.54, 1.807) is 6.08 Å². The van der Waals surface area contributed by atoms with Gasteiger partial charge in [-0.2, -0.15) is 0 Å². The minimum atomic E-state index is -0.699. The van der Waals surface area contributed by atoms with Crippen molar-refractivity contribution in [3.05, 3.63) is 23.8 Å². The second kappa shape index (κ2) is 3.42. The van der Waals surface area contributed by atoms with Gasteiger partial charge < -0.3 is 0 Å². The highest BCUT2D eigenvalue weighted by atomic mass is 35.5. The molecule has 11 heavy (non-hydrogen) atoms. The molecule has 0 aromatic heterocycles. The Morgan fingerprint density at radius 2 is 2.18 bits per heavy atom. The van der Waals surface area contributed by atoms with E-state index in [-0.39, 0.29) is 11.7 Å². The summed E-state index contributed by atoms with van der Waals surface area (Å²) in [5.74, 6) is 0.167. The van der Waals surface area contributed by atoms with Gasteiger partial charge in [-0.1, -0.05) is 42.3 Å². The van der Waals surface area contributed by atoms with Crippen molar-refractivity contribution in [1.82, 2.24) is 0 Å². The maximum Gasteiger partial charge on any atom is 0.183 e. The molecule has 1 nitrogen and oxygen atoms in total. The van der Waals surface area contributed by atoms with Crippen LogP contribution in [0.4, 0.5) is 0 Å². The maximum atomic E-state index is 11.1. The Balaban J connectivity index is 2.85. The molecule has 0 aromatic carbocycles. The van der Waals surface area contributed by atoms with Gasteiger partial charge in [0.05, 0.1) is 0 Å². The van der Waals surface area contributed by atoms with Gasteiger partial charge in [0.25, 0.3) is 0 Å². The Bertz CT molecular complexity index is 228. The van der Waals surface area contributed by atoms with Gasteiger partial charge in [-0.3, -0.25) is 4.79 Å². The number of rotatable bonds is 1. The molecule has 0 saturated heterocycles. The van der Waals surface area contributed by atoms with Crippen LogP contribution in [0.3, 0.4) is 0 Å². The number of hydrogen-bond acceptors (Lipinski definition) is 1. The molecular weight excluding hydrogens is 183 g/mol. The molecule has 0 radical (unpaired) electrons. The molecule has 0 heterocycles. The third kappa shape index (κ3) is 2.08. The summed E-state index contributed by atoms with van der Waals surface area (Å²) in [7, 11) is 0. The fourth-order valence-corrected chi connectivity index (χ4v) is 1.30. The maximum absolute atomic E-state index is 11.1. The van der Waals surface area contributed by atoms with E-state index in [1.165, 1.54) is 6.08 Å². The number of alkyl halides is 2. The van der Waals surface area contributed by atoms with Crippen molar-refractivity contribution >= 4 is 29.0 Å². The summed E-state index contributed by atoms with van der Waals surface area (Å²) < 4.78 is 0. The predicted octanol–water partition coefficient (Wildman–Crippen LogP) is 2.49. The zero-order chi connectivity index (χ0) is 8.43. The average molecular weight is 191 g/mol. The zero-order valence-electron chi connectivity index (χ0n) is 6.05. The number of halogens is 2. The molecule has 1 rings (SSSR count). The van der Waals surface area contributed by atoms with Crippen LogP contribution in [0.25, 0.3) is 0 Å². The first-order valence-corrected chi connectivity index (χ1v) is 4.21. The van der Waals surface area contributed by atoms with E-state index in [1.807, 2.05) is 13.0 Å². The minimum Gasteiger partial charge on any atom is -0.290 e. The fraction of sp³-hybridized carbons (Fsp3) is 0.375. The monoisotopic (exact) mass is 190 g/mol. The first-order valence-electron chi connectivity index (χ1n) is 3.33. The molecule has 0 bridgehead atoms. The number of ketones is 1. The highest BCUT2D eigenvalue weighted by Gasteiger charge is 2.17. The summed E-state index contributed by atoms with van der Waals surface area (Å²) in [5, 5.41) is 0. The third-order valence-corrected chi connectivity index (χ3v) is 1.98. The van der Waals surface area contributed by atoms with Crippen LogP contribution < -0.4 is 0 Å². The van der Waals surface area contributed by atoms with Crippen molar-refractivity contribution in [2.75, 3.05) is 0 Å². The normalized spacial score (nSPS) is 24.2.